The molecule has 1 aromatic carbocycles. The van der Waals surface area contributed by atoms with Crippen LogP contribution < -0.4 is 16.0 Å². The van der Waals surface area contributed by atoms with Gasteiger partial charge in [0, 0.05) is 22.1 Å². The van der Waals surface area contributed by atoms with E-state index in [1.54, 1.807) is 6.07 Å². The first kappa shape index (κ1) is 15.1. The van der Waals surface area contributed by atoms with Gasteiger partial charge in [0.05, 0.1) is 4.88 Å². The highest BCUT2D eigenvalue weighted by molar-refractivity contribution is 7.14. The lowest BCUT2D eigenvalue weighted by Crippen LogP contribution is -2.29. The Labute approximate surface area is 124 Å². The highest BCUT2D eigenvalue weighted by Crippen LogP contribution is 2.24. The zero-order valence-electron chi connectivity index (χ0n) is 11.2. The zero-order valence-corrected chi connectivity index (χ0v) is 12.0. The summed E-state index contributed by atoms with van der Waals surface area (Å²) < 4.78 is 18.7. The van der Waals surface area contributed by atoms with Gasteiger partial charge in [-0.25, -0.2) is 10.2 Å². The smallest absolute Gasteiger partial charge is 0.275 e. The fraction of sp³-hybridized carbons (Fsp3) is 0.143. The van der Waals surface area contributed by atoms with Crippen LogP contribution in [-0.4, -0.2) is 12.2 Å². The van der Waals surface area contributed by atoms with E-state index in [0.29, 0.717) is 11.2 Å². The van der Waals surface area contributed by atoms with Crippen molar-refractivity contribution in [2.24, 2.45) is 5.84 Å². The number of aryl methyl sites for hydroxylation is 1. The molecule has 0 aliphatic heterocycles. The van der Waals surface area contributed by atoms with E-state index in [0.717, 1.165) is 16.5 Å². The highest BCUT2D eigenvalue weighted by atomic mass is 32.1. The van der Waals surface area contributed by atoms with Gasteiger partial charge in [-0.15, -0.1) is 11.3 Å². The Hall–Kier alpha value is -2.25. The van der Waals surface area contributed by atoms with E-state index < -0.39 is 5.82 Å². The lowest BCUT2D eigenvalue weighted by Gasteiger charge is -2.06. The second-order valence-electron chi connectivity index (χ2n) is 4.29. The summed E-state index contributed by atoms with van der Waals surface area (Å²) in [5.41, 5.74) is 3.07. The molecule has 5 nitrogen and oxygen atoms in total. The number of hydrogen-bond acceptors (Lipinski definition) is 5. The second kappa shape index (κ2) is 6.47. The van der Waals surface area contributed by atoms with Gasteiger partial charge < -0.3 is 4.74 Å². The molecule has 1 heterocycles. The van der Waals surface area contributed by atoms with Gasteiger partial charge in [-0.2, -0.15) is 0 Å². The van der Waals surface area contributed by atoms with Crippen molar-refractivity contribution in [1.82, 2.24) is 5.43 Å². The number of carbonyl (C=O) groups excluding carboxylic acids is 2. The van der Waals surface area contributed by atoms with E-state index in [1.165, 1.54) is 23.5 Å². The molecule has 1 amide bonds. The number of halogens is 1. The van der Waals surface area contributed by atoms with Crippen LogP contribution in [-0.2, 0) is 6.61 Å². The van der Waals surface area contributed by atoms with Crippen LogP contribution in [0.3, 0.4) is 0 Å². The van der Waals surface area contributed by atoms with Gasteiger partial charge in [0.25, 0.3) is 5.91 Å². The predicted molar refractivity (Wildman–Crippen MR) is 76.8 cm³/mol. The number of hydrogen-bond donors (Lipinski definition) is 2. The van der Waals surface area contributed by atoms with Crippen LogP contribution in [0.25, 0.3) is 0 Å². The first-order valence-electron chi connectivity index (χ1n) is 6.02. The SMILES string of the molecule is Cc1sc(C(=O)NN)cc1COc1cc(F)cc(C=O)c1. The molecule has 7 heteroatoms. The van der Waals surface area contributed by atoms with Crippen molar-refractivity contribution >= 4 is 23.5 Å². The van der Waals surface area contributed by atoms with Crippen molar-refractivity contribution in [2.75, 3.05) is 0 Å². The molecule has 0 aliphatic carbocycles. The second-order valence-corrected chi connectivity index (χ2v) is 5.55. The van der Waals surface area contributed by atoms with E-state index in [2.05, 4.69) is 5.43 Å². The van der Waals surface area contributed by atoms with E-state index in [-0.39, 0.29) is 23.8 Å². The summed E-state index contributed by atoms with van der Waals surface area (Å²) in [4.78, 5) is 23.5. The molecule has 0 saturated carbocycles. The molecule has 21 heavy (non-hydrogen) atoms. The van der Waals surface area contributed by atoms with Crippen molar-refractivity contribution < 1.29 is 18.7 Å². The molecule has 1 aromatic heterocycles. The van der Waals surface area contributed by atoms with Gasteiger partial charge >= 0.3 is 0 Å². The molecule has 0 radical (unpaired) electrons. The largest absolute Gasteiger partial charge is 0.489 e. The summed E-state index contributed by atoms with van der Waals surface area (Å²) in [6.07, 6.45) is 0.551. The number of amides is 1. The quantitative estimate of drug-likeness (QED) is 0.384. The number of thiophene rings is 1. The third kappa shape index (κ3) is 3.65. The molecule has 0 aliphatic rings. The number of carbonyl (C=O) groups is 2. The number of benzene rings is 1. The van der Waals surface area contributed by atoms with Crippen molar-refractivity contribution in [2.45, 2.75) is 13.5 Å². The number of nitrogen functional groups attached to an aromatic ring is 1. The zero-order chi connectivity index (χ0) is 15.4. The minimum Gasteiger partial charge on any atom is -0.489 e. The Morgan fingerprint density at radius 1 is 1.43 bits per heavy atom. The molecule has 0 unspecified atom stereocenters. The Kier molecular flexibility index (Phi) is 4.66. The molecule has 0 atom stereocenters. The summed E-state index contributed by atoms with van der Waals surface area (Å²) >= 11 is 1.29. The van der Waals surface area contributed by atoms with Gasteiger partial charge in [-0.3, -0.25) is 15.0 Å². The monoisotopic (exact) mass is 308 g/mol. The van der Waals surface area contributed by atoms with Crippen molar-refractivity contribution in [3.05, 3.63) is 51.0 Å². The summed E-state index contributed by atoms with van der Waals surface area (Å²) in [6.45, 7) is 2.01. The lowest BCUT2D eigenvalue weighted by molar-refractivity contribution is 0.0957. The maximum atomic E-state index is 13.3. The minimum absolute atomic E-state index is 0.169. The van der Waals surface area contributed by atoms with Crippen molar-refractivity contribution in [3.63, 3.8) is 0 Å². The highest BCUT2D eigenvalue weighted by Gasteiger charge is 2.12. The molecular formula is C14H13FN2O3S. The van der Waals surface area contributed by atoms with E-state index in [9.17, 15) is 14.0 Å². The molecule has 2 aromatic rings. The summed E-state index contributed by atoms with van der Waals surface area (Å²) in [6, 6.07) is 5.44. The van der Waals surface area contributed by atoms with Gasteiger partial charge in [-0.05, 0) is 25.1 Å². The normalized spacial score (nSPS) is 10.2. The summed E-state index contributed by atoms with van der Waals surface area (Å²) in [5, 5.41) is 0. The fourth-order valence-electron chi connectivity index (χ4n) is 1.74. The van der Waals surface area contributed by atoms with Crippen molar-refractivity contribution in [1.29, 1.82) is 0 Å². The standard InChI is InChI=1S/C14H13FN2O3S/c1-8-10(4-13(21-8)14(19)17-16)7-20-12-3-9(6-18)2-11(15)5-12/h2-6H,7,16H2,1H3,(H,17,19). The Morgan fingerprint density at radius 3 is 2.86 bits per heavy atom. The Morgan fingerprint density at radius 2 is 2.19 bits per heavy atom. The number of hydrazine groups is 1. The number of aldehydes is 1. The lowest BCUT2D eigenvalue weighted by atomic mass is 10.2. The van der Waals surface area contributed by atoms with Crippen LogP contribution >= 0.6 is 11.3 Å². The van der Waals surface area contributed by atoms with Gasteiger partial charge in [0.2, 0.25) is 0 Å². The van der Waals surface area contributed by atoms with Gasteiger partial charge in [-0.1, -0.05) is 0 Å². The Balaban J connectivity index is 2.13. The maximum absolute atomic E-state index is 13.3. The van der Waals surface area contributed by atoms with Gasteiger partial charge in [0.15, 0.2) is 0 Å². The average Bonchev–Trinajstić information content (AvgIpc) is 2.85. The first-order valence-corrected chi connectivity index (χ1v) is 6.84. The molecule has 0 spiro atoms. The molecule has 3 N–H and O–H groups in total. The summed E-state index contributed by atoms with van der Waals surface area (Å²) in [5.74, 6) is 4.42. The van der Waals surface area contributed by atoms with Crippen molar-refractivity contribution in [3.8, 4) is 5.75 Å². The van der Waals surface area contributed by atoms with Crippen LogP contribution in [0.1, 0.15) is 30.5 Å². The van der Waals surface area contributed by atoms with E-state index in [1.807, 2.05) is 6.92 Å². The average molecular weight is 308 g/mol. The first-order chi connectivity index (χ1) is 10.0. The minimum atomic E-state index is -0.542. The molecule has 0 saturated heterocycles. The third-order valence-corrected chi connectivity index (χ3v) is 3.89. The molecule has 0 bridgehead atoms. The van der Waals surface area contributed by atoms with Gasteiger partial charge in [0.1, 0.15) is 24.5 Å². The van der Waals surface area contributed by atoms with Crippen LogP contribution in [0.4, 0.5) is 4.39 Å². The topological polar surface area (TPSA) is 81.4 Å². The van der Waals surface area contributed by atoms with Crippen LogP contribution in [0.15, 0.2) is 24.3 Å². The van der Waals surface area contributed by atoms with E-state index in [4.69, 9.17) is 10.6 Å². The molecule has 0 fully saturated rings. The van der Waals surface area contributed by atoms with Crippen LogP contribution in [0.5, 0.6) is 5.75 Å². The molecule has 2 rings (SSSR count). The molecule has 110 valence electrons. The van der Waals surface area contributed by atoms with Crippen LogP contribution in [0.2, 0.25) is 0 Å². The fourth-order valence-corrected chi connectivity index (χ4v) is 2.67. The maximum Gasteiger partial charge on any atom is 0.275 e. The third-order valence-electron chi connectivity index (χ3n) is 2.80. The van der Waals surface area contributed by atoms with Crippen LogP contribution in [0, 0.1) is 12.7 Å². The predicted octanol–water partition coefficient (Wildman–Crippen LogP) is 2.19. The number of rotatable bonds is 5. The molecular weight excluding hydrogens is 295 g/mol. The number of nitrogens with two attached hydrogens (primary N) is 1. The Bertz CT molecular complexity index is 685. The summed E-state index contributed by atoms with van der Waals surface area (Å²) in [7, 11) is 0. The number of ether oxygens (including phenoxy) is 1. The van der Waals surface area contributed by atoms with E-state index >= 15 is 0 Å². The number of nitrogens with one attached hydrogen (secondary N) is 1.